The molecule has 222 valence electrons. The van der Waals surface area contributed by atoms with Crippen molar-refractivity contribution in [3.63, 3.8) is 0 Å². The van der Waals surface area contributed by atoms with Crippen LogP contribution < -0.4 is 10.6 Å². The van der Waals surface area contributed by atoms with E-state index in [1.807, 2.05) is 30.3 Å². The molecule has 1 fully saturated rings. The summed E-state index contributed by atoms with van der Waals surface area (Å²) in [4.78, 5) is 54.3. The van der Waals surface area contributed by atoms with Crippen molar-refractivity contribution in [2.24, 2.45) is 0 Å². The van der Waals surface area contributed by atoms with Crippen molar-refractivity contribution in [2.45, 2.75) is 83.5 Å². The Balaban J connectivity index is 1.98. The number of hydrogen-bond donors (Lipinski definition) is 3. The number of benzene rings is 2. The third-order valence-electron chi connectivity index (χ3n) is 6.69. The molecule has 0 aliphatic heterocycles. The SMILES string of the molecule is CCOC(=O)CCNC(=O)C(c1ccccc1O)N(C(=O)C(Cc1ccccc1)NC(=O)OC(C)(C)C)C1CCC1. The minimum atomic E-state index is -1.20. The van der Waals surface area contributed by atoms with Gasteiger partial charge < -0.3 is 30.1 Å². The predicted molar refractivity (Wildman–Crippen MR) is 153 cm³/mol. The molecule has 1 aliphatic carbocycles. The number of nitrogens with one attached hydrogen (secondary N) is 2. The number of amides is 3. The number of phenols is 1. The number of esters is 1. The molecule has 0 spiro atoms. The summed E-state index contributed by atoms with van der Waals surface area (Å²) in [5.74, 6) is -1.62. The zero-order chi connectivity index (χ0) is 30.0. The summed E-state index contributed by atoms with van der Waals surface area (Å²) in [5.41, 5.74) is 0.278. The van der Waals surface area contributed by atoms with Crippen LogP contribution in [0.1, 0.15) is 70.5 Å². The fourth-order valence-electron chi connectivity index (χ4n) is 4.62. The lowest BCUT2D eigenvalue weighted by molar-refractivity contribution is -0.148. The summed E-state index contributed by atoms with van der Waals surface area (Å²) in [7, 11) is 0. The fourth-order valence-corrected chi connectivity index (χ4v) is 4.62. The second kappa shape index (κ2) is 14.5. The summed E-state index contributed by atoms with van der Waals surface area (Å²) >= 11 is 0. The molecule has 41 heavy (non-hydrogen) atoms. The van der Waals surface area contributed by atoms with Gasteiger partial charge in [-0.05, 0) is 58.6 Å². The molecule has 2 atom stereocenters. The smallest absolute Gasteiger partial charge is 0.408 e. The standard InChI is InChI=1S/C31H41N3O7/c1-5-40-26(36)18-19-32-28(37)27(23-16-9-10-17-25(23)35)34(22-14-11-15-22)29(38)24(20-21-12-7-6-8-13-21)33-30(39)41-31(2,3)4/h6-10,12-13,16-17,22,24,27,35H,5,11,14-15,18-20H2,1-4H3,(H,32,37)(H,33,39). The van der Waals surface area contributed by atoms with Gasteiger partial charge in [-0.2, -0.15) is 0 Å². The maximum Gasteiger partial charge on any atom is 0.408 e. The van der Waals surface area contributed by atoms with Crippen molar-refractivity contribution in [1.82, 2.24) is 15.5 Å². The molecule has 2 aromatic rings. The Labute approximate surface area is 241 Å². The number of phenolic OH excluding ortho intramolecular Hbond substituents is 1. The molecule has 0 saturated heterocycles. The highest BCUT2D eigenvalue weighted by molar-refractivity contribution is 5.93. The van der Waals surface area contributed by atoms with Crippen molar-refractivity contribution in [3.8, 4) is 5.75 Å². The van der Waals surface area contributed by atoms with Crippen LogP contribution in [-0.4, -0.2) is 64.7 Å². The summed E-state index contributed by atoms with van der Waals surface area (Å²) in [6, 6.07) is 13.1. The monoisotopic (exact) mass is 567 g/mol. The van der Waals surface area contributed by atoms with E-state index < -0.39 is 41.6 Å². The molecule has 0 radical (unpaired) electrons. The topological polar surface area (TPSA) is 134 Å². The van der Waals surface area contributed by atoms with Crippen LogP contribution in [0, 0.1) is 0 Å². The molecule has 3 N–H and O–H groups in total. The number of alkyl carbamates (subject to hydrolysis) is 1. The highest BCUT2D eigenvalue weighted by Crippen LogP contribution is 2.36. The number of carbonyl (C=O) groups excluding carboxylic acids is 4. The van der Waals surface area contributed by atoms with Crippen LogP contribution in [0.4, 0.5) is 4.79 Å². The minimum Gasteiger partial charge on any atom is -0.508 e. The zero-order valence-corrected chi connectivity index (χ0v) is 24.2. The van der Waals surface area contributed by atoms with Crippen LogP contribution in [0.5, 0.6) is 5.75 Å². The number of ether oxygens (including phenoxy) is 2. The molecule has 1 aliphatic rings. The minimum absolute atomic E-state index is 0.00192. The molecule has 2 aromatic carbocycles. The average molecular weight is 568 g/mol. The normalized spacial score (nSPS) is 14.6. The summed E-state index contributed by atoms with van der Waals surface area (Å²) in [6.45, 7) is 7.12. The van der Waals surface area contributed by atoms with Crippen LogP contribution in [0.25, 0.3) is 0 Å². The van der Waals surface area contributed by atoms with Crippen molar-refractivity contribution in [1.29, 1.82) is 0 Å². The molecule has 10 nitrogen and oxygen atoms in total. The average Bonchev–Trinajstić information content (AvgIpc) is 2.87. The van der Waals surface area contributed by atoms with Gasteiger partial charge in [0.05, 0.1) is 13.0 Å². The first kappa shape index (κ1) is 31.4. The lowest BCUT2D eigenvalue weighted by atomic mass is 9.87. The third kappa shape index (κ3) is 9.23. The van der Waals surface area contributed by atoms with Crippen molar-refractivity contribution >= 4 is 23.9 Å². The first-order chi connectivity index (χ1) is 19.5. The first-order valence-electron chi connectivity index (χ1n) is 14.1. The van der Waals surface area contributed by atoms with Gasteiger partial charge in [0.2, 0.25) is 11.8 Å². The Morgan fingerprint density at radius 1 is 1.02 bits per heavy atom. The number of hydrogen-bond acceptors (Lipinski definition) is 7. The first-order valence-corrected chi connectivity index (χ1v) is 14.1. The molecule has 2 unspecified atom stereocenters. The van der Waals surface area contributed by atoms with E-state index in [4.69, 9.17) is 9.47 Å². The van der Waals surface area contributed by atoms with E-state index in [1.165, 1.54) is 11.0 Å². The molecule has 1 saturated carbocycles. The summed E-state index contributed by atoms with van der Waals surface area (Å²) in [5, 5.41) is 16.3. The van der Waals surface area contributed by atoms with E-state index in [2.05, 4.69) is 10.6 Å². The largest absolute Gasteiger partial charge is 0.508 e. The van der Waals surface area contributed by atoms with Gasteiger partial charge in [0, 0.05) is 24.6 Å². The summed E-state index contributed by atoms with van der Waals surface area (Å²) < 4.78 is 10.4. The molecular weight excluding hydrogens is 526 g/mol. The molecule has 0 bridgehead atoms. The van der Waals surface area contributed by atoms with Crippen LogP contribution >= 0.6 is 0 Å². The van der Waals surface area contributed by atoms with E-state index >= 15 is 0 Å². The fraction of sp³-hybridized carbons (Fsp3) is 0.484. The van der Waals surface area contributed by atoms with Gasteiger partial charge in [-0.1, -0.05) is 48.5 Å². The Morgan fingerprint density at radius 2 is 1.68 bits per heavy atom. The predicted octanol–water partition coefficient (Wildman–Crippen LogP) is 4.02. The van der Waals surface area contributed by atoms with Gasteiger partial charge in [0.1, 0.15) is 23.4 Å². The Kier molecular flexibility index (Phi) is 11.1. The molecule has 10 heteroatoms. The Hall–Kier alpha value is -4.08. The van der Waals surface area contributed by atoms with Gasteiger partial charge in [0.25, 0.3) is 0 Å². The quantitative estimate of drug-likeness (QED) is 0.330. The van der Waals surface area contributed by atoms with E-state index in [9.17, 15) is 24.3 Å². The van der Waals surface area contributed by atoms with Gasteiger partial charge in [-0.15, -0.1) is 0 Å². The van der Waals surface area contributed by atoms with Gasteiger partial charge in [-0.25, -0.2) is 4.79 Å². The summed E-state index contributed by atoms with van der Waals surface area (Å²) in [6.07, 6.45) is 1.57. The number of nitrogens with zero attached hydrogens (tertiary/aromatic N) is 1. The van der Waals surface area contributed by atoms with Crippen molar-refractivity contribution < 1.29 is 33.8 Å². The van der Waals surface area contributed by atoms with Gasteiger partial charge in [-0.3, -0.25) is 14.4 Å². The van der Waals surface area contributed by atoms with Crippen molar-refractivity contribution in [2.75, 3.05) is 13.2 Å². The number of carbonyl (C=O) groups is 4. The zero-order valence-electron chi connectivity index (χ0n) is 24.2. The maximum absolute atomic E-state index is 14.4. The van der Waals surface area contributed by atoms with E-state index in [0.29, 0.717) is 12.8 Å². The van der Waals surface area contributed by atoms with Crippen LogP contribution in [0.2, 0.25) is 0 Å². The Bertz CT molecular complexity index is 1190. The molecule has 0 heterocycles. The molecule has 3 rings (SSSR count). The van der Waals surface area contributed by atoms with E-state index in [1.54, 1.807) is 45.9 Å². The molecule has 0 aromatic heterocycles. The second-order valence-corrected chi connectivity index (χ2v) is 11.0. The highest BCUT2D eigenvalue weighted by atomic mass is 16.6. The molecule has 3 amide bonds. The highest BCUT2D eigenvalue weighted by Gasteiger charge is 2.42. The number of rotatable bonds is 12. The Morgan fingerprint density at radius 3 is 2.27 bits per heavy atom. The third-order valence-corrected chi connectivity index (χ3v) is 6.69. The molecular formula is C31H41N3O7. The van der Waals surface area contributed by atoms with E-state index in [0.717, 1.165) is 12.0 Å². The van der Waals surface area contributed by atoms with Crippen LogP contribution in [0.3, 0.4) is 0 Å². The van der Waals surface area contributed by atoms with Gasteiger partial charge in [0.15, 0.2) is 0 Å². The lowest BCUT2D eigenvalue weighted by Crippen LogP contribution is -2.58. The number of aromatic hydroxyl groups is 1. The second-order valence-electron chi connectivity index (χ2n) is 11.0. The van der Waals surface area contributed by atoms with Gasteiger partial charge >= 0.3 is 12.1 Å². The maximum atomic E-state index is 14.4. The number of para-hydroxylation sites is 1. The van der Waals surface area contributed by atoms with Crippen LogP contribution in [0.15, 0.2) is 54.6 Å². The lowest BCUT2D eigenvalue weighted by Gasteiger charge is -2.43. The van der Waals surface area contributed by atoms with Crippen LogP contribution in [-0.2, 0) is 30.3 Å². The van der Waals surface area contributed by atoms with E-state index in [-0.39, 0.29) is 43.3 Å². The van der Waals surface area contributed by atoms with Crippen molar-refractivity contribution in [3.05, 3.63) is 65.7 Å².